The second-order valence-corrected chi connectivity index (χ2v) is 8.58. The number of carbonyl (C=O) groups excluding carboxylic acids is 1. The molecule has 0 saturated carbocycles. The second kappa shape index (κ2) is 9.23. The van der Waals surface area contributed by atoms with Gasteiger partial charge in [0.15, 0.2) is 11.0 Å². The number of hydrogen-bond donors (Lipinski definition) is 0. The molecule has 5 nitrogen and oxygen atoms in total. The monoisotopic (exact) mass is 438 g/mol. The Balaban J connectivity index is 1.57. The Kier molecular flexibility index (Phi) is 6.25. The number of para-hydroxylation sites is 1. The largest absolute Gasteiger partial charge is 0.340 e. The van der Waals surface area contributed by atoms with Crippen LogP contribution in [-0.4, -0.2) is 38.4 Å². The van der Waals surface area contributed by atoms with E-state index in [1.165, 1.54) is 23.9 Å². The summed E-state index contributed by atoms with van der Waals surface area (Å²) in [4.78, 5) is 15.5. The number of thiophene rings is 1. The normalized spacial score (nSPS) is 10.9. The molecule has 0 radical (unpaired) electrons. The molecule has 0 atom stereocenters. The molecule has 0 unspecified atom stereocenters. The first kappa shape index (κ1) is 20.3. The van der Waals surface area contributed by atoms with Gasteiger partial charge in [-0.2, -0.15) is 0 Å². The number of nitrogens with zero attached hydrogens (tertiary/aromatic N) is 4. The molecule has 0 aliphatic heterocycles. The Labute approximate surface area is 182 Å². The predicted molar refractivity (Wildman–Crippen MR) is 118 cm³/mol. The minimum Gasteiger partial charge on any atom is -0.340 e. The molecule has 30 heavy (non-hydrogen) atoms. The molecular formula is C22H19FN4OS2. The summed E-state index contributed by atoms with van der Waals surface area (Å²) < 4.78 is 15.3. The lowest BCUT2D eigenvalue weighted by Crippen LogP contribution is -2.27. The maximum atomic E-state index is 13.4. The summed E-state index contributed by atoms with van der Waals surface area (Å²) in [5.41, 5.74) is 1.63. The third kappa shape index (κ3) is 4.60. The van der Waals surface area contributed by atoms with Gasteiger partial charge < -0.3 is 4.90 Å². The average molecular weight is 439 g/mol. The SMILES string of the molecule is CN(Cc1cccs1)C(=O)CSc1nnc(-c2ccc(F)cc2)n1-c1ccccc1. The Hall–Kier alpha value is -2.97. The molecule has 8 heteroatoms. The minimum atomic E-state index is -0.307. The van der Waals surface area contributed by atoms with Crippen LogP contribution in [-0.2, 0) is 11.3 Å². The molecule has 1 amide bonds. The summed E-state index contributed by atoms with van der Waals surface area (Å²) >= 11 is 2.97. The number of thioether (sulfide) groups is 1. The fourth-order valence-electron chi connectivity index (χ4n) is 2.92. The predicted octanol–water partition coefficient (Wildman–Crippen LogP) is 4.89. The Morgan fingerprint density at radius 3 is 2.53 bits per heavy atom. The zero-order valence-corrected chi connectivity index (χ0v) is 17.9. The highest BCUT2D eigenvalue weighted by atomic mass is 32.2. The Morgan fingerprint density at radius 2 is 1.83 bits per heavy atom. The van der Waals surface area contributed by atoms with Gasteiger partial charge in [0.2, 0.25) is 5.91 Å². The summed E-state index contributed by atoms with van der Waals surface area (Å²) in [6.45, 7) is 0.587. The molecule has 2 heterocycles. The van der Waals surface area contributed by atoms with Gasteiger partial charge >= 0.3 is 0 Å². The standard InChI is InChI=1S/C22H19FN4OS2/c1-26(14-19-8-5-13-29-19)20(28)15-30-22-25-24-21(16-9-11-17(23)12-10-16)27(22)18-6-3-2-4-7-18/h2-13H,14-15H2,1H3. The quantitative estimate of drug-likeness (QED) is 0.386. The lowest BCUT2D eigenvalue weighted by atomic mass is 10.2. The van der Waals surface area contributed by atoms with Crippen LogP contribution >= 0.6 is 23.1 Å². The van der Waals surface area contributed by atoms with E-state index >= 15 is 0 Å². The van der Waals surface area contributed by atoms with Crippen molar-refractivity contribution in [1.29, 1.82) is 0 Å². The third-order valence-electron chi connectivity index (χ3n) is 4.47. The summed E-state index contributed by atoms with van der Waals surface area (Å²) in [5.74, 6) is 0.553. The topological polar surface area (TPSA) is 51.0 Å². The van der Waals surface area contributed by atoms with Gasteiger partial charge in [0.1, 0.15) is 5.82 Å². The van der Waals surface area contributed by atoms with Crippen molar-refractivity contribution >= 4 is 29.0 Å². The van der Waals surface area contributed by atoms with E-state index in [-0.39, 0.29) is 17.5 Å². The molecule has 0 aliphatic rings. The summed E-state index contributed by atoms with van der Waals surface area (Å²) in [6.07, 6.45) is 0. The van der Waals surface area contributed by atoms with Crippen molar-refractivity contribution in [3.05, 3.63) is 82.8 Å². The van der Waals surface area contributed by atoms with Crippen molar-refractivity contribution in [1.82, 2.24) is 19.7 Å². The summed E-state index contributed by atoms with van der Waals surface area (Å²) in [6, 6.07) is 19.8. The van der Waals surface area contributed by atoms with Crippen LogP contribution < -0.4 is 0 Å². The molecule has 2 aromatic carbocycles. The molecule has 0 bridgehead atoms. The Morgan fingerprint density at radius 1 is 1.07 bits per heavy atom. The number of halogens is 1. The van der Waals surface area contributed by atoms with E-state index < -0.39 is 0 Å². The van der Waals surface area contributed by atoms with Gasteiger partial charge in [0.05, 0.1) is 12.3 Å². The Bertz CT molecular complexity index is 1110. The first-order valence-corrected chi connectivity index (χ1v) is 11.1. The van der Waals surface area contributed by atoms with E-state index in [9.17, 15) is 9.18 Å². The van der Waals surface area contributed by atoms with Crippen molar-refractivity contribution in [2.75, 3.05) is 12.8 Å². The van der Waals surface area contributed by atoms with Crippen LogP contribution in [0.1, 0.15) is 4.88 Å². The van der Waals surface area contributed by atoms with Gasteiger partial charge in [-0.25, -0.2) is 4.39 Å². The van der Waals surface area contributed by atoms with Crippen LogP contribution in [0.3, 0.4) is 0 Å². The van der Waals surface area contributed by atoms with Crippen LogP contribution in [0.5, 0.6) is 0 Å². The number of aromatic nitrogens is 3. The molecule has 4 aromatic rings. The summed E-state index contributed by atoms with van der Waals surface area (Å²) in [7, 11) is 1.80. The van der Waals surface area contributed by atoms with E-state index in [2.05, 4.69) is 10.2 Å². The molecule has 152 valence electrons. The maximum Gasteiger partial charge on any atom is 0.233 e. The molecule has 0 saturated heterocycles. The number of amides is 1. The number of carbonyl (C=O) groups is 1. The number of hydrogen-bond acceptors (Lipinski definition) is 5. The van der Waals surface area contributed by atoms with Gasteiger partial charge in [-0.15, -0.1) is 21.5 Å². The first-order chi connectivity index (χ1) is 14.6. The van der Waals surface area contributed by atoms with Crippen molar-refractivity contribution in [3.63, 3.8) is 0 Å². The van der Waals surface area contributed by atoms with Crippen molar-refractivity contribution in [2.45, 2.75) is 11.7 Å². The first-order valence-electron chi connectivity index (χ1n) is 9.28. The van der Waals surface area contributed by atoms with E-state index in [0.29, 0.717) is 17.5 Å². The minimum absolute atomic E-state index is 0.0133. The molecule has 2 aromatic heterocycles. The fourth-order valence-corrected chi connectivity index (χ4v) is 4.57. The number of benzene rings is 2. The molecule has 4 rings (SSSR count). The van der Waals surface area contributed by atoms with Gasteiger partial charge in [0, 0.05) is 23.2 Å². The lowest BCUT2D eigenvalue weighted by Gasteiger charge is -2.16. The summed E-state index contributed by atoms with van der Waals surface area (Å²) in [5, 5.41) is 11.2. The van der Waals surface area contributed by atoms with Crippen LogP contribution in [0.25, 0.3) is 17.1 Å². The highest BCUT2D eigenvalue weighted by molar-refractivity contribution is 7.99. The molecule has 0 aliphatic carbocycles. The van der Waals surface area contributed by atoms with Crippen molar-refractivity contribution < 1.29 is 9.18 Å². The van der Waals surface area contributed by atoms with E-state index in [1.807, 2.05) is 52.4 Å². The van der Waals surface area contributed by atoms with Crippen LogP contribution in [0.2, 0.25) is 0 Å². The van der Waals surface area contributed by atoms with Gasteiger partial charge in [0.25, 0.3) is 0 Å². The fraction of sp³-hybridized carbons (Fsp3) is 0.136. The van der Waals surface area contributed by atoms with Crippen molar-refractivity contribution in [2.24, 2.45) is 0 Å². The third-order valence-corrected chi connectivity index (χ3v) is 6.25. The molecular weight excluding hydrogens is 419 g/mol. The highest BCUT2D eigenvalue weighted by Crippen LogP contribution is 2.28. The zero-order chi connectivity index (χ0) is 20.9. The highest BCUT2D eigenvalue weighted by Gasteiger charge is 2.18. The zero-order valence-electron chi connectivity index (χ0n) is 16.2. The molecule has 0 fully saturated rings. The van der Waals surface area contributed by atoms with Crippen LogP contribution in [0.4, 0.5) is 4.39 Å². The van der Waals surface area contributed by atoms with E-state index in [0.717, 1.165) is 16.1 Å². The number of rotatable bonds is 7. The van der Waals surface area contributed by atoms with Crippen LogP contribution in [0.15, 0.2) is 77.3 Å². The van der Waals surface area contributed by atoms with Crippen LogP contribution in [0, 0.1) is 5.82 Å². The lowest BCUT2D eigenvalue weighted by molar-refractivity contribution is -0.127. The second-order valence-electron chi connectivity index (χ2n) is 6.60. The van der Waals surface area contributed by atoms with Gasteiger partial charge in [-0.3, -0.25) is 9.36 Å². The van der Waals surface area contributed by atoms with Crippen molar-refractivity contribution in [3.8, 4) is 17.1 Å². The van der Waals surface area contributed by atoms with Gasteiger partial charge in [-0.05, 0) is 47.8 Å². The average Bonchev–Trinajstić information content (AvgIpc) is 3.43. The van der Waals surface area contributed by atoms with E-state index in [4.69, 9.17) is 0 Å². The van der Waals surface area contributed by atoms with Gasteiger partial charge in [-0.1, -0.05) is 36.0 Å². The molecule has 0 N–H and O–H groups in total. The van der Waals surface area contributed by atoms with E-state index in [1.54, 1.807) is 35.4 Å². The maximum absolute atomic E-state index is 13.4. The molecule has 0 spiro atoms. The smallest absolute Gasteiger partial charge is 0.233 e.